The summed E-state index contributed by atoms with van der Waals surface area (Å²) in [6.07, 6.45) is 3.84. The highest BCUT2D eigenvalue weighted by Gasteiger charge is 2.21. The standard InChI is InChI=1S/C19H34N6O2.HI/c1-5-9-21-18(26)13-25-11-7-16(8-12-25)23-19(20-4)22-10-6-17-14(2)24-27-15(17)3;/h16H,5-13H2,1-4H3,(H,21,26)(H2,20,22,23);1H. The number of hydrogen-bond donors (Lipinski definition) is 3. The summed E-state index contributed by atoms with van der Waals surface area (Å²) in [6, 6.07) is 0.380. The molecule has 2 heterocycles. The van der Waals surface area contributed by atoms with Crippen molar-refractivity contribution < 1.29 is 9.32 Å². The second-order valence-corrected chi connectivity index (χ2v) is 7.10. The number of amides is 1. The van der Waals surface area contributed by atoms with Gasteiger partial charge in [-0.3, -0.25) is 14.7 Å². The summed E-state index contributed by atoms with van der Waals surface area (Å²) in [7, 11) is 1.79. The van der Waals surface area contributed by atoms with Gasteiger partial charge < -0.3 is 20.5 Å². The van der Waals surface area contributed by atoms with Gasteiger partial charge in [0.25, 0.3) is 0 Å². The first-order valence-corrected chi connectivity index (χ1v) is 9.91. The van der Waals surface area contributed by atoms with Crippen LogP contribution in [0, 0.1) is 13.8 Å². The number of carbonyl (C=O) groups is 1. The lowest BCUT2D eigenvalue weighted by atomic mass is 10.1. The molecule has 0 atom stereocenters. The van der Waals surface area contributed by atoms with Gasteiger partial charge in [0.1, 0.15) is 5.76 Å². The number of carbonyl (C=O) groups excluding carboxylic acids is 1. The van der Waals surface area contributed by atoms with Gasteiger partial charge in [-0.1, -0.05) is 12.1 Å². The number of hydrogen-bond acceptors (Lipinski definition) is 5. The normalized spacial score (nSPS) is 15.8. The number of nitrogens with one attached hydrogen (secondary N) is 3. The molecule has 0 unspecified atom stereocenters. The van der Waals surface area contributed by atoms with Gasteiger partial charge in [0.2, 0.25) is 5.91 Å². The summed E-state index contributed by atoms with van der Waals surface area (Å²) in [5, 5.41) is 13.8. The number of likely N-dealkylation sites (tertiary alicyclic amines) is 1. The molecular formula is C19H35IN6O2. The van der Waals surface area contributed by atoms with Gasteiger partial charge in [0.05, 0.1) is 12.2 Å². The summed E-state index contributed by atoms with van der Waals surface area (Å²) in [6.45, 7) is 9.85. The number of guanidine groups is 1. The first-order chi connectivity index (χ1) is 13.0. The zero-order chi connectivity index (χ0) is 19.6. The van der Waals surface area contributed by atoms with Crippen molar-refractivity contribution in [2.75, 3.05) is 39.8 Å². The molecule has 0 spiro atoms. The van der Waals surface area contributed by atoms with E-state index < -0.39 is 0 Å². The second kappa shape index (κ2) is 13.0. The maximum Gasteiger partial charge on any atom is 0.234 e. The van der Waals surface area contributed by atoms with E-state index in [0.717, 1.165) is 74.8 Å². The van der Waals surface area contributed by atoms with E-state index in [2.05, 4.69) is 37.9 Å². The SMILES string of the molecule is CCCNC(=O)CN1CCC(NC(=NC)NCCc2c(C)noc2C)CC1.I. The van der Waals surface area contributed by atoms with Gasteiger partial charge in [-0.15, -0.1) is 24.0 Å². The first kappa shape index (κ1) is 24.7. The molecule has 3 N–H and O–H groups in total. The Morgan fingerprint density at radius 1 is 1.25 bits per heavy atom. The van der Waals surface area contributed by atoms with Gasteiger partial charge in [0.15, 0.2) is 5.96 Å². The second-order valence-electron chi connectivity index (χ2n) is 7.10. The minimum Gasteiger partial charge on any atom is -0.361 e. The Hall–Kier alpha value is -1.36. The molecule has 1 aliphatic heterocycles. The van der Waals surface area contributed by atoms with Gasteiger partial charge in [-0.2, -0.15) is 0 Å². The lowest BCUT2D eigenvalue weighted by Gasteiger charge is -2.32. The molecule has 0 aromatic carbocycles. The van der Waals surface area contributed by atoms with Crippen LogP contribution in [-0.2, 0) is 11.2 Å². The maximum atomic E-state index is 11.8. The van der Waals surface area contributed by atoms with Gasteiger partial charge >= 0.3 is 0 Å². The molecule has 160 valence electrons. The molecular weight excluding hydrogens is 471 g/mol. The molecule has 1 aromatic rings. The fourth-order valence-corrected chi connectivity index (χ4v) is 3.31. The van der Waals surface area contributed by atoms with Crippen molar-refractivity contribution >= 4 is 35.8 Å². The van der Waals surface area contributed by atoms with E-state index >= 15 is 0 Å². The van der Waals surface area contributed by atoms with Crippen molar-refractivity contribution in [1.82, 2.24) is 26.0 Å². The number of halogens is 1. The third kappa shape index (κ3) is 7.94. The predicted octanol–water partition coefficient (Wildman–Crippen LogP) is 1.61. The predicted molar refractivity (Wildman–Crippen MR) is 122 cm³/mol. The Kier molecular flexibility index (Phi) is 11.4. The lowest BCUT2D eigenvalue weighted by Crippen LogP contribution is -2.50. The smallest absolute Gasteiger partial charge is 0.234 e. The lowest BCUT2D eigenvalue weighted by molar-refractivity contribution is -0.122. The molecule has 0 aliphatic carbocycles. The first-order valence-electron chi connectivity index (χ1n) is 9.91. The van der Waals surface area contributed by atoms with Crippen LogP contribution in [0.1, 0.15) is 43.2 Å². The van der Waals surface area contributed by atoms with Crippen molar-refractivity contribution in [2.24, 2.45) is 4.99 Å². The third-order valence-corrected chi connectivity index (χ3v) is 4.94. The van der Waals surface area contributed by atoms with Crippen molar-refractivity contribution in [2.45, 2.75) is 52.5 Å². The summed E-state index contributed by atoms with van der Waals surface area (Å²) in [5.74, 6) is 1.83. The quantitative estimate of drug-likeness (QED) is 0.282. The largest absolute Gasteiger partial charge is 0.361 e. The summed E-state index contributed by atoms with van der Waals surface area (Å²) in [5.41, 5.74) is 2.11. The minimum atomic E-state index is 0. The number of aromatic nitrogens is 1. The van der Waals surface area contributed by atoms with Crippen LogP contribution in [0.3, 0.4) is 0 Å². The number of rotatable bonds is 8. The third-order valence-electron chi connectivity index (χ3n) is 4.94. The molecule has 8 nitrogen and oxygen atoms in total. The van der Waals surface area contributed by atoms with Crippen LogP contribution in [0.2, 0.25) is 0 Å². The molecule has 0 radical (unpaired) electrons. The van der Waals surface area contributed by atoms with Gasteiger partial charge in [-0.05, 0) is 39.5 Å². The molecule has 0 saturated carbocycles. The van der Waals surface area contributed by atoms with E-state index in [4.69, 9.17) is 4.52 Å². The van der Waals surface area contributed by atoms with Crippen LogP contribution in [0.4, 0.5) is 0 Å². The van der Waals surface area contributed by atoms with E-state index in [0.29, 0.717) is 12.6 Å². The topological polar surface area (TPSA) is 94.8 Å². The van der Waals surface area contributed by atoms with Crippen molar-refractivity contribution in [3.05, 3.63) is 17.0 Å². The Morgan fingerprint density at radius 2 is 1.96 bits per heavy atom. The molecule has 1 aromatic heterocycles. The number of piperidine rings is 1. The fourth-order valence-electron chi connectivity index (χ4n) is 3.31. The Bertz CT molecular complexity index is 606. The average Bonchev–Trinajstić information content (AvgIpc) is 2.99. The van der Waals surface area contributed by atoms with Crippen LogP contribution in [0.15, 0.2) is 9.52 Å². The molecule has 1 amide bonds. The van der Waals surface area contributed by atoms with Crippen LogP contribution in [-0.4, -0.2) is 67.7 Å². The average molecular weight is 506 g/mol. The molecule has 1 saturated heterocycles. The summed E-state index contributed by atoms with van der Waals surface area (Å²) >= 11 is 0. The van der Waals surface area contributed by atoms with E-state index in [1.54, 1.807) is 7.05 Å². The Morgan fingerprint density at radius 3 is 2.54 bits per heavy atom. The molecule has 2 rings (SSSR count). The van der Waals surface area contributed by atoms with E-state index in [1.165, 1.54) is 0 Å². The Labute approximate surface area is 185 Å². The van der Waals surface area contributed by atoms with Crippen molar-refractivity contribution in [3.63, 3.8) is 0 Å². The van der Waals surface area contributed by atoms with Crippen LogP contribution < -0.4 is 16.0 Å². The maximum absolute atomic E-state index is 11.8. The van der Waals surface area contributed by atoms with E-state index in [1.807, 2.05) is 13.8 Å². The van der Waals surface area contributed by atoms with E-state index in [9.17, 15) is 4.79 Å². The van der Waals surface area contributed by atoms with Crippen molar-refractivity contribution in [1.29, 1.82) is 0 Å². The molecule has 9 heteroatoms. The van der Waals surface area contributed by atoms with Crippen LogP contribution >= 0.6 is 24.0 Å². The zero-order valence-electron chi connectivity index (χ0n) is 17.5. The van der Waals surface area contributed by atoms with E-state index in [-0.39, 0.29) is 29.9 Å². The fraction of sp³-hybridized carbons (Fsp3) is 0.737. The highest BCUT2D eigenvalue weighted by atomic mass is 127. The summed E-state index contributed by atoms with van der Waals surface area (Å²) < 4.78 is 5.20. The van der Waals surface area contributed by atoms with Crippen LogP contribution in [0.25, 0.3) is 0 Å². The van der Waals surface area contributed by atoms with Gasteiger partial charge in [-0.25, -0.2) is 0 Å². The Balaban J connectivity index is 0.00000392. The van der Waals surface area contributed by atoms with Crippen LogP contribution in [0.5, 0.6) is 0 Å². The molecule has 28 heavy (non-hydrogen) atoms. The number of aliphatic imine (C=N–C) groups is 1. The molecule has 0 bridgehead atoms. The van der Waals surface area contributed by atoms with Crippen molar-refractivity contribution in [3.8, 4) is 0 Å². The highest BCUT2D eigenvalue weighted by molar-refractivity contribution is 14.0. The number of aryl methyl sites for hydroxylation is 2. The summed E-state index contributed by atoms with van der Waals surface area (Å²) in [4.78, 5) is 18.4. The molecule has 1 aliphatic rings. The monoisotopic (exact) mass is 506 g/mol. The number of nitrogens with zero attached hydrogens (tertiary/aromatic N) is 3. The minimum absolute atomic E-state index is 0. The highest BCUT2D eigenvalue weighted by Crippen LogP contribution is 2.12. The van der Waals surface area contributed by atoms with Gasteiger partial charge in [0, 0.05) is 44.8 Å². The molecule has 1 fully saturated rings. The zero-order valence-corrected chi connectivity index (χ0v) is 19.8.